The first kappa shape index (κ1) is 8.01. The number of amides is 1. The van der Waals surface area contributed by atoms with Crippen LogP contribution in [0.2, 0.25) is 0 Å². The van der Waals surface area contributed by atoms with Gasteiger partial charge >= 0.3 is 0 Å². The minimum Gasteiger partial charge on any atom is -0.293 e. The van der Waals surface area contributed by atoms with Crippen molar-refractivity contribution in [3.8, 4) is 0 Å². The summed E-state index contributed by atoms with van der Waals surface area (Å²) in [6.07, 6.45) is 3.43. The lowest BCUT2D eigenvalue weighted by molar-refractivity contribution is -0.127. The molecular formula is C8H15N3O. The predicted octanol–water partition coefficient (Wildman–Crippen LogP) is -0.539. The third kappa shape index (κ3) is 1.21. The van der Waals surface area contributed by atoms with Crippen LogP contribution < -0.4 is 11.3 Å². The van der Waals surface area contributed by atoms with Crippen molar-refractivity contribution in [2.24, 2.45) is 11.8 Å². The van der Waals surface area contributed by atoms with E-state index in [9.17, 15) is 4.79 Å². The van der Waals surface area contributed by atoms with Gasteiger partial charge in [-0.25, -0.2) is 5.84 Å². The van der Waals surface area contributed by atoms with Crippen LogP contribution in [-0.2, 0) is 4.79 Å². The molecule has 0 radical (unpaired) electrons. The molecule has 0 saturated carbocycles. The van der Waals surface area contributed by atoms with Crippen LogP contribution >= 0.6 is 0 Å². The molecule has 3 atom stereocenters. The van der Waals surface area contributed by atoms with Gasteiger partial charge in [-0.15, -0.1) is 0 Å². The number of hydrazine groups is 1. The maximum Gasteiger partial charge on any atom is 0.251 e. The van der Waals surface area contributed by atoms with E-state index in [-0.39, 0.29) is 11.9 Å². The van der Waals surface area contributed by atoms with Gasteiger partial charge in [0.25, 0.3) is 5.91 Å². The maximum absolute atomic E-state index is 11.3. The smallest absolute Gasteiger partial charge is 0.251 e. The molecule has 2 rings (SSSR count). The van der Waals surface area contributed by atoms with Gasteiger partial charge in [0, 0.05) is 6.54 Å². The molecule has 2 saturated heterocycles. The summed E-state index contributed by atoms with van der Waals surface area (Å²) in [6.45, 7) is 2.17. The van der Waals surface area contributed by atoms with Crippen LogP contribution in [0, 0.1) is 5.92 Å². The molecular weight excluding hydrogens is 154 g/mol. The van der Waals surface area contributed by atoms with Crippen LogP contribution in [0.4, 0.5) is 0 Å². The molecule has 2 aliphatic heterocycles. The number of carbonyl (C=O) groups excluding carboxylic acids is 1. The Morgan fingerprint density at radius 2 is 2.25 bits per heavy atom. The highest BCUT2D eigenvalue weighted by molar-refractivity contribution is 5.81. The van der Waals surface area contributed by atoms with Crippen molar-refractivity contribution in [1.29, 1.82) is 0 Å². The summed E-state index contributed by atoms with van der Waals surface area (Å²) in [5.41, 5.74) is 2.24. The first-order chi connectivity index (χ1) is 5.81. The van der Waals surface area contributed by atoms with Gasteiger partial charge in [0.15, 0.2) is 0 Å². The highest BCUT2D eigenvalue weighted by Gasteiger charge is 2.36. The second-order valence-corrected chi connectivity index (χ2v) is 3.75. The van der Waals surface area contributed by atoms with Gasteiger partial charge in [-0.1, -0.05) is 0 Å². The van der Waals surface area contributed by atoms with Gasteiger partial charge in [0.2, 0.25) is 0 Å². The van der Waals surface area contributed by atoms with Gasteiger partial charge < -0.3 is 0 Å². The van der Waals surface area contributed by atoms with E-state index in [4.69, 9.17) is 5.84 Å². The molecule has 3 unspecified atom stereocenters. The van der Waals surface area contributed by atoms with E-state index in [1.54, 1.807) is 0 Å². The average molecular weight is 169 g/mol. The molecule has 4 nitrogen and oxygen atoms in total. The van der Waals surface area contributed by atoms with E-state index in [1.165, 1.54) is 12.8 Å². The van der Waals surface area contributed by atoms with Gasteiger partial charge in [-0.05, 0) is 31.7 Å². The van der Waals surface area contributed by atoms with Crippen molar-refractivity contribution < 1.29 is 4.79 Å². The van der Waals surface area contributed by atoms with E-state index in [0.29, 0.717) is 0 Å². The fourth-order valence-electron chi connectivity index (χ4n) is 2.35. The van der Waals surface area contributed by atoms with Gasteiger partial charge in [-0.2, -0.15) is 0 Å². The summed E-state index contributed by atoms with van der Waals surface area (Å²) >= 11 is 0. The van der Waals surface area contributed by atoms with Crippen LogP contribution in [0.1, 0.15) is 19.3 Å². The van der Waals surface area contributed by atoms with Crippen molar-refractivity contribution in [2.45, 2.75) is 25.3 Å². The highest BCUT2D eigenvalue weighted by atomic mass is 16.2. The van der Waals surface area contributed by atoms with E-state index in [0.717, 1.165) is 25.4 Å². The second-order valence-electron chi connectivity index (χ2n) is 3.75. The molecule has 0 aromatic carbocycles. The molecule has 2 heterocycles. The zero-order valence-electron chi connectivity index (χ0n) is 7.12. The topological polar surface area (TPSA) is 58.4 Å². The fraction of sp³-hybridized carbons (Fsp3) is 0.875. The van der Waals surface area contributed by atoms with Crippen LogP contribution in [0.15, 0.2) is 0 Å². The zero-order chi connectivity index (χ0) is 8.55. The number of nitrogens with zero attached hydrogens (tertiary/aromatic N) is 1. The number of hydrogen-bond acceptors (Lipinski definition) is 3. The van der Waals surface area contributed by atoms with Crippen molar-refractivity contribution in [3.05, 3.63) is 0 Å². The lowest BCUT2D eigenvalue weighted by Gasteiger charge is -2.30. The van der Waals surface area contributed by atoms with Crippen molar-refractivity contribution in [3.63, 3.8) is 0 Å². The third-order valence-electron chi connectivity index (χ3n) is 3.05. The van der Waals surface area contributed by atoms with Crippen molar-refractivity contribution >= 4 is 5.91 Å². The summed E-state index contributed by atoms with van der Waals surface area (Å²) < 4.78 is 0. The summed E-state index contributed by atoms with van der Waals surface area (Å²) in [5, 5.41) is 0. The molecule has 3 N–H and O–H groups in total. The SMILES string of the molecule is NNC(=O)C1CCC2CCN1C2. The molecule has 0 aromatic rings. The maximum atomic E-state index is 11.3. The molecule has 68 valence electrons. The number of nitrogens with one attached hydrogen (secondary N) is 1. The Morgan fingerprint density at radius 3 is 3.00 bits per heavy atom. The Morgan fingerprint density at radius 1 is 1.42 bits per heavy atom. The fourth-order valence-corrected chi connectivity index (χ4v) is 2.35. The molecule has 1 amide bonds. The molecule has 0 spiro atoms. The predicted molar refractivity (Wildman–Crippen MR) is 45.0 cm³/mol. The molecule has 2 fully saturated rings. The van der Waals surface area contributed by atoms with Crippen molar-refractivity contribution in [1.82, 2.24) is 10.3 Å². The zero-order valence-corrected chi connectivity index (χ0v) is 7.12. The van der Waals surface area contributed by atoms with Crippen LogP contribution in [0.3, 0.4) is 0 Å². The van der Waals surface area contributed by atoms with Gasteiger partial charge in [-0.3, -0.25) is 15.1 Å². The molecule has 0 aliphatic carbocycles. The quantitative estimate of drug-likeness (QED) is 0.315. The molecule has 12 heavy (non-hydrogen) atoms. The standard InChI is InChI=1S/C8H15N3O/c9-10-8(12)7-2-1-6-3-4-11(7)5-6/h6-7H,1-5,9H2,(H,10,12). The van der Waals surface area contributed by atoms with Crippen LogP contribution in [0.25, 0.3) is 0 Å². The monoisotopic (exact) mass is 169 g/mol. The minimum absolute atomic E-state index is 0.0182. The second kappa shape index (κ2) is 3.03. The van der Waals surface area contributed by atoms with E-state index < -0.39 is 0 Å². The summed E-state index contributed by atoms with van der Waals surface area (Å²) in [7, 11) is 0. The van der Waals surface area contributed by atoms with E-state index >= 15 is 0 Å². The largest absolute Gasteiger partial charge is 0.293 e. The summed E-state index contributed by atoms with van der Waals surface area (Å²) in [5.74, 6) is 5.93. The lowest BCUT2D eigenvalue weighted by Crippen LogP contribution is -2.49. The number of carbonyl (C=O) groups is 1. The Kier molecular flexibility index (Phi) is 2.02. The normalized spacial score (nSPS) is 39.6. The highest BCUT2D eigenvalue weighted by Crippen LogP contribution is 2.30. The number of hydrogen-bond donors (Lipinski definition) is 2. The lowest BCUT2D eigenvalue weighted by atomic mass is 9.96. The summed E-state index contributed by atoms with van der Waals surface area (Å²) in [4.78, 5) is 13.5. The van der Waals surface area contributed by atoms with Crippen LogP contribution in [0.5, 0.6) is 0 Å². The van der Waals surface area contributed by atoms with E-state index in [2.05, 4.69) is 10.3 Å². The van der Waals surface area contributed by atoms with Crippen molar-refractivity contribution in [2.75, 3.05) is 13.1 Å². The Bertz CT molecular complexity index is 195. The summed E-state index contributed by atoms with van der Waals surface area (Å²) in [6, 6.07) is 0.0498. The Hall–Kier alpha value is -0.610. The minimum atomic E-state index is -0.0182. The molecule has 0 aromatic heterocycles. The average Bonchev–Trinajstić information content (AvgIpc) is 2.47. The molecule has 2 aliphatic rings. The number of fused-ring (bicyclic) bond motifs is 2. The third-order valence-corrected chi connectivity index (χ3v) is 3.05. The Labute approximate surface area is 72.1 Å². The number of piperidine rings is 1. The first-order valence-corrected chi connectivity index (χ1v) is 4.56. The molecule has 4 heteroatoms. The first-order valence-electron chi connectivity index (χ1n) is 4.56. The number of nitrogens with two attached hydrogens (primary N) is 1. The molecule has 2 bridgehead atoms. The Balaban J connectivity index is 2.02. The number of rotatable bonds is 1. The van der Waals surface area contributed by atoms with E-state index in [1.807, 2.05) is 0 Å². The van der Waals surface area contributed by atoms with Gasteiger partial charge in [0.1, 0.15) is 0 Å². The van der Waals surface area contributed by atoms with Crippen LogP contribution in [-0.4, -0.2) is 29.9 Å². The van der Waals surface area contributed by atoms with Gasteiger partial charge in [0.05, 0.1) is 6.04 Å².